The molecule has 0 radical (unpaired) electrons. The predicted octanol–water partition coefficient (Wildman–Crippen LogP) is 7.41. The predicted molar refractivity (Wildman–Crippen MR) is 163 cm³/mol. The monoisotopic (exact) mass is 572 g/mol. The molecule has 13 fully saturated rings. The molecule has 13 aliphatic carbocycles. The molecule has 0 aliphatic heterocycles. The molecule has 12 bridgehead atoms. The van der Waals surface area contributed by atoms with Crippen LogP contribution in [0.25, 0.3) is 0 Å². The summed E-state index contributed by atoms with van der Waals surface area (Å²) in [5, 5.41) is 7.57. The molecule has 0 aromatic carbocycles. The van der Waals surface area contributed by atoms with Crippen LogP contribution in [0, 0.1) is 75.4 Å². The molecular formula is C38H56N2O2. The van der Waals surface area contributed by atoms with Gasteiger partial charge in [-0.2, -0.15) is 0 Å². The third kappa shape index (κ3) is 4.03. The molecule has 0 aromatic rings. The summed E-state index contributed by atoms with van der Waals surface area (Å²) in [6.45, 7) is 0. The number of rotatable bonds is 5. The summed E-state index contributed by atoms with van der Waals surface area (Å²) in [4.78, 5) is 28.6. The highest BCUT2D eigenvalue weighted by Gasteiger charge is 2.59. The Morgan fingerprint density at radius 1 is 0.381 bits per heavy atom. The third-order valence-electron chi connectivity index (χ3n) is 16.4. The molecule has 230 valence electrons. The minimum atomic E-state index is -0.0691. The van der Waals surface area contributed by atoms with Crippen LogP contribution in [0.2, 0.25) is 0 Å². The summed E-state index contributed by atoms with van der Waals surface area (Å²) in [6.07, 6.45) is 27.4. The van der Waals surface area contributed by atoms with Gasteiger partial charge in [0.25, 0.3) is 0 Å². The molecule has 2 amide bonds. The highest BCUT2D eigenvalue weighted by Crippen LogP contribution is 2.65. The van der Waals surface area contributed by atoms with E-state index in [1.54, 1.807) is 0 Å². The number of nitrogens with one attached hydrogen (secondary N) is 2. The van der Waals surface area contributed by atoms with E-state index >= 15 is 0 Å². The van der Waals surface area contributed by atoms with E-state index in [1.165, 1.54) is 89.9 Å². The van der Waals surface area contributed by atoms with Crippen LogP contribution in [0.15, 0.2) is 0 Å². The van der Waals surface area contributed by atoms with E-state index in [0.717, 1.165) is 98.2 Å². The van der Waals surface area contributed by atoms with Crippen LogP contribution in [-0.4, -0.2) is 23.9 Å². The SMILES string of the molecule is O=C(NC1CC(NC(=O)C23CC4CC(CC(C4)C2)C3)CC(C23CC4CC(CC(C4)C2)C3)C1)C12CC3CC(CC(C3)C1)C2. The van der Waals surface area contributed by atoms with E-state index in [-0.39, 0.29) is 22.9 Å². The molecule has 2 N–H and O–H groups in total. The number of hydrogen-bond acceptors (Lipinski definition) is 2. The summed E-state index contributed by atoms with van der Waals surface area (Å²) >= 11 is 0. The van der Waals surface area contributed by atoms with Crippen LogP contribution in [0.1, 0.15) is 135 Å². The Morgan fingerprint density at radius 3 is 0.976 bits per heavy atom. The minimum Gasteiger partial charge on any atom is -0.353 e. The van der Waals surface area contributed by atoms with Gasteiger partial charge in [0.2, 0.25) is 11.8 Å². The van der Waals surface area contributed by atoms with Crippen LogP contribution >= 0.6 is 0 Å². The first-order valence-corrected chi connectivity index (χ1v) is 18.9. The first-order chi connectivity index (χ1) is 20.3. The first kappa shape index (κ1) is 26.2. The fourth-order valence-electron chi connectivity index (χ4n) is 16.2. The number of amides is 2. The van der Waals surface area contributed by atoms with Gasteiger partial charge in [-0.1, -0.05) is 0 Å². The van der Waals surface area contributed by atoms with Crippen molar-refractivity contribution >= 4 is 11.8 Å². The molecule has 42 heavy (non-hydrogen) atoms. The maximum absolute atomic E-state index is 14.3. The standard InChI is InChI=1S/C38H56N2O2/c41-34(37-16-25-4-26(17-37)6-27(5-25)18-37)39-32-10-31(36-13-22-1-23(14-36)3-24(2-22)15-36)11-33(12-32)40-35(42)38-19-28-7-29(20-38)9-30(8-28)21-38/h22-33H,1-21H2,(H,39,41)(H,40,42). The van der Waals surface area contributed by atoms with Gasteiger partial charge >= 0.3 is 0 Å². The van der Waals surface area contributed by atoms with E-state index in [2.05, 4.69) is 10.6 Å². The van der Waals surface area contributed by atoms with Crippen molar-refractivity contribution in [2.75, 3.05) is 0 Å². The van der Waals surface area contributed by atoms with Crippen LogP contribution in [-0.2, 0) is 9.59 Å². The smallest absolute Gasteiger partial charge is 0.226 e. The van der Waals surface area contributed by atoms with Gasteiger partial charge in [0.15, 0.2) is 0 Å². The quantitative estimate of drug-likeness (QED) is 0.361. The zero-order chi connectivity index (χ0) is 27.8. The molecule has 2 atom stereocenters. The fourth-order valence-corrected chi connectivity index (χ4v) is 16.2. The number of hydrogen-bond donors (Lipinski definition) is 2. The molecule has 13 rings (SSSR count). The second-order valence-corrected chi connectivity index (χ2v) is 19.4. The van der Waals surface area contributed by atoms with Crippen LogP contribution < -0.4 is 10.6 Å². The summed E-state index contributed by atoms with van der Waals surface area (Å²) < 4.78 is 0. The maximum Gasteiger partial charge on any atom is 0.226 e. The average molecular weight is 573 g/mol. The lowest BCUT2D eigenvalue weighted by atomic mass is 9.45. The van der Waals surface area contributed by atoms with Crippen LogP contribution in [0.4, 0.5) is 0 Å². The van der Waals surface area contributed by atoms with Gasteiger partial charge in [0.05, 0.1) is 0 Å². The van der Waals surface area contributed by atoms with E-state index in [0.29, 0.717) is 23.1 Å². The lowest BCUT2D eigenvalue weighted by Crippen LogP contribution is -2.60. The van der Waals surface area contributed by atoms with E-state index in [9.17, 15) is 9.59 Å². The van der Waals surface area contributed by atoms with E-state index in [4.69, 9.17) is 0 Å². The van der Waals surface area contributed by atoms with Crippen molar-refractivity contribution in [3.05, 3.63) is 0 Å². The molecule has 4 heteroatoms. The van der Waals surface area contributed by atoms with Crippen LogP contribution in [0.3, 0.4) is 0 Å². The van der Waals surface area contributed by atoms with Gasteiger partial charge < -0.3 is 10.6 Å². The van der Waals surface area contributed by atoms with Crippen molar-refractivity contribution in [1.82, 2.24) is 10.6 Å². The second kappa shape index (κ2) is 9.02. The van der Waals surface area contributed by atoms with Gasteiger partial charge in [-0.15, -0.1) is 0 Å². The summed E-state index contributed by atoms with van der Waals surface area (Å²) in [5.41, 5.74) is 0.350. The Morgan fingerprint density at radius 2 is 0.667 bits per heavy atom. The number of carbonyl (C=O) groups excluding carboxylic acids is 2. The Hall–Kier alpha value is -1.06. The maximum atomic E-state index is 14.3. The molecule has 2 unspecified atom stereocenters. The Bertz CT molecular complexity index is 984. The van der Waals surface area contributed by atoms with Crippen molar-refractivity contribution in [2.24, 2.45) is 75.4 Å². The largest absolute Gasteiger partial charge is 0.353 e. The zero-order valence-electron chi connectivity index (χ0n) is 26.1. The molecule has 13 saturated carbocycles. The van der Waals surface area contributed by atoms with Crippen molar-refractivity contribution in [2.45, 2.75) is 147 Å². The third-order valence-corrected chi connectivity index (χ3v) is 16.4. The van der Waals surface area contributed by atoms with Gasteiger partial charge in [0, 0.05) is 22.9 Å². The van der Waals surface area contributed by atoms with Gasteiger partial charge in [0.1, 0.15) is 0 Å². The molecular weight excluding hydrogens is 516 g/mol. The van der Waals surface area contributed by atoms with E-state index < -0.39 is 0 Å². The average Bonchev–Trinajstić information content (AvgIpc) is 2.91. The lowest BCUT2D eigenvalue weighted by Gasteiger charge is -2.61. The van der Waals surface area contributed by atoms with E-state index in [1.807, 2.05) is 0 Å². The van der Waals surface area contributed by atoms with Gasteiger partial charge in [-0.3, -0.25) is 9.59 Å². The highest BCUT2D eigenvalue weighted by molar-refractivity contribution is 5.84. The summed E-state index contributed by atoms with van der Waals surface area (Å²) in [5.74, 6) is 9.22. The fraction of sp³-hybridized carbons (Fsp3) is 0.947. The lowest BCUT2D eigenvalue weighted by molar-refractivity contribution is -0.149. The Labute approximate surface area is 254 Å². The van der Waals surface area contributed by atoms with Gasteiger partial charge in [-0.25, -0.2) is 0 Å². The molecule has 0 spiro atoms. The second-order valence-electron chi connectivity index (χ2n) is 19.4. The molecule has 0 saturated heterocycles. The number of carbonyl (C=O) groups is 2. The topological polar surface area (TPSA) is 58.2 Å². The minimum absolute atomic E-state index is 0.0691. The van der Waals surface area contributed by atoms with Crippen LogP contribution in [0.5, 0.6) is 0 Å². The van der Waals surface area contributed by atoms with Crippen molar-refractivity contribution in [3.63, 3.8) is 0 Å². The van der Waals surface area contributed by atoms with Crippen molar-refractivity contribution < 1.29 is 9.59 Å². The molecule has 0 aromatic heterocycles. The Balaban J connectivity index is 0.908. The van der Waals surface area contributed by atoms with Gasteiger partial charge in [-0.05, 0) is 199 Å². The highest BCUT2D eigenvalue weighted by atomic mass is 16.2. The van der Waals surface area contributed by atoms with Crippen molar-refractivity contribution in [3.8, 4) is 0 Å². The zero-order valence-corrected chi connectivity index (χ0v) is 26.1. The summed E-state index contributed by atoms with van der Waals surface area (Å²) in [7, 11) is 0. The van der Waals surface area contributed by atoms with Crippen molar-refractivity contribution in [1.29, 1.82) is 0 Å². The Kier molecular flexibility index (Phi) is 5.62. The molecule has 13 aliphatic rings. The molecule has 0 heterocycles. The summed E-state index contributed by atoms with van der Waals surface area (Å²) in [6, 6.07) is 0.498. The normalized spacial score (nSPS) is 57.9. The first-order valence-electron chi connectivity index (χ1n) is 18.9. The molecule has 4 nitrogen and oxygen atoms in total.